The van der Waals surface area contributed by atoms with Crippen LogP contribution in [0.4, 0.5) is 5.82 Å². The number of anilines is 1. The number of halogens is 1. The standard InChI is InChI=1S/C34H38ClN7O3/c1-9-27(43)40-17-22(6)41(18-21(40)5)31-25-16-26(35)29(23-12-10-11-13-24(23)33(44)39(7)8)37-32(25)42(34(45)38-31)30-20(4)14-15-36-28(30)19(2)3/h9-16,19,21-22H,1,17-18H2,2-8H3. The van der Waals surface area contributed by atoms with Crippen LogP contribution in [-0.4, -0.2) is 80.4 Å². The molecule has 2 unspecified atom stereocenters. The summed E-state index contributed by atoms with van der Waals surface area (Å²) < 4.78 is 1.51. The van der Waals surface area contributed by atoms with E-state index in [9.17, 15) is 14.4 Å². The van der Waals surface area contributed by atoms with Gasteiger partial charge in [-0.05, 0) is 56.5 Å². The number of aromatic nitrogens is 4. The number of carbonyl (C=O) groups is 2. The number of piperazine rings is 1. The van der Waals surface area contributed by atoms with Gasteiger partial charge in [0.1, 0.15) is 5.82 Å². The number of nitrogens with zero attached hydrogens (tertiary/aromatic N) is 7. The second-order valence-electron chi connectivity index (χ2n) is 12.1. The Morgan fingerprint density at radius 2 is 1.80 bits per heavy atom. The lowest BCUT2D eigenvalue weighted by Gasteiger charge is -2.44. The number of rotatable bonds is 6. The molecular formula is C34H38ClN7O3. The monoisotopic (exact) mass is 627 g/mol. The Morgan fingerprint density at radius 1 is 1.09 bits per heavy atom. The molecule has 3 aromatic heterocycles. The molecule has 11 heteroatoms. The number of benzene rings is 1. The number of amides is 2. The van der Waals surface area contributed by atoms with Gasteiger partial charge in [-0.2, -0.15) is 4.98 Å². The minimum absolute atomic E-state index is 0.00285. The Morgan fingerprint density at radius 3 is 2.47 bits per heavy atom. The molecule has 0 aliphatic carbocycles. The Balaban J connectivity index is 1.84. The molecule has 0 spiro atoms. The van der Waals surface area contributed by atoms with Crippen LogP contribution in [0.1, 0.15) is 55.2 Å². The summed E-state index contributed by atoms with van der Waals surface area (Å²) in [6.45, 7) is 14.4. The van der Waals surface area contributed by atoms with Gasteiger partial charge in [-0.15, -0.1) is 0 Å². The van der Waals surface area contributed by atoms with Crippen LogP contribution in [0, 0.1) is 6.92 Å². The van der Waals surface area contributed by atoms with Crippen molar-refractivity contribution in [2.75, 3.05) is 32.1 Å². The van der Waals surface area contributed by atoms with Crippen molar-refractivity contribution in [2.45, 2.75) is 52.6 Å². The SMILES string of the molecule is C=CC(=O)N1CC(C)N(c2nc(=O)n(-c3c(C)ccnc3C(C)C)c3nc(-c4ccccc4C(=O)N(C)C)c(Cl)cc23)CC1C. The molecular weight excluding hydrogens is 590 g/mol. The first kappa shape index (κ1) is 31.8. The second-order valence-corrected chi connectivity index (χ2v) is 12.5. The van der Waals surface area contributed by atoms with E-state index in [2.05, 4.69) is 16.5 Å². The first-order chi connectivity index (χ1) is 21.3. The highest BCUT2D eigenvalue weighted by Crippen LogP contribution is 2.37. The normalized spacial score (nSPS) is 16.7. The topological polar surface area (TPSA) is 105 Å². The van der Waals surface area contributed by atoms with Gasteiger partial charge in [0.25, 0.3) is 5.91 Å². The van der Waals surface area contributed by atoms with Gasteiger partial charge in [0.15, 0.2) is 5.65 Å². The average Bonchev–Trinajstić information content (AvgIpc) is 3.01. The number of aryl methyl sites for hydroxylation is 1. The van der Waals surface area contributed by atoms with Gasteiger partial charge in [-0.25, -0.2) is 14.3 Å². The van der Waals surface area contributed by atoms with Crippen LogP contribution in [0.2, 0.25) is 5.02 Å². The molecule has 45 heavy (non-hydrogen) atoms. The fraction of sp³-hybridized carbons (Fsp3) is 0.353. The summed E-state index contributed by atoms with van der Waals surface area (Å²) in [6, 6.07) is 10.5. The molecule has 4 heterocycles. The van der Waals surface area contributed by atoms with E-state index < -0.39 is 5.69 Å². The largest absolute Gasteiger partial charge is 0.355 e. The number of fused-ring (bicyclic) bond motifs is 1. The summed E-state index contributed by atoms with van der Waals surface area (Å²) in [5, 5.41) is 0.878. The minimum Gasteiger partial charge on any atom is -0.349 e. The molecule has 5 rings (SSSR count). The minimum atomic E-state index is -0.515. The molecule has 10 nitrogen and oxygen atoms in total. The van der Waals surface area contributed by atoms with E-state index in [0.717, 1.165) is 11.3 Å². The summed E-state index contributed by atoms with van der Waals surface area (Å²) in [4.78, 5) is 59.6. The Labute approximate surface area is 268 Å². The highest BCUT2D eigenvalue weighted by molar-refractivity contribution is 6.34. The highest BCUT2D eigenvalue weighted by atomic mass is 35.5. The van der Waals surface area contributed by atoms with Crippen molar-refractivity contribution in [3.63, 3.8) is 0 Å². The number of hydrogen-bond donors (Lipinski definition) is 0. The first-order valence-corrected chi connectivity index (χ1v) is 15.3. The number of pyridine rings is 2. The molecule has 2 atom stereocenters. The van der Waals surface area contributed by atoms with E-state index in [1.165, 1.54) is 15.5 Å². The summed E-state index contributed by atoms with van der Waals surface area (Å²) in [5.41, 5.74) is 3.37. The van der Waals surface area contributed by atoms with Crippen LogP contribution in [-0.2, 0) is 4.79 Å². The van der Waals surface area contributed by atoms with Crippen molar-refractivity contribution in [3.05, 3.63) is 87.6 Å². The van der Waals surface area contributed by atoms with Gasteiger partial charge in [-0.1, -0.05) is 50.2 Å². The Bertz CT molecular complexity index is 1880. The van der Waals surface area contributed by atoms with Crippen molar-refractivity contribution in [1.29, 1.82) is 0 Å². The van der Waals surface area contributed by atoms with Gasteiger partial charge in [0.2, 0.25) is 5.91 Å². The van der Waals surface area contributed by atoms with Crippen molar-refractivity contribution < 1.29 is 9.59 Å². The smallest absolute Gasteiger partial charge is 0.349 e. The molecule has 1 aliphatic rings. The van der Waals surface area contributed by atoms with Crippen molar-refractivity contribution in [1.82, 2.24) is 29.3 Å². The molecule has 1 fully saturated rings. The molecule has 2 amide bonds. The summed E-state index contributed by atoms with van der Waals surface area (Å²) in [7, 11) is 3.38. The van der Waals surface area contributed by atoms with E-state index in [-0.39, 0.29) is 29.8 Å². The van der Waals surface area contributed by atoms with Crippen LogP contribution < -0.4 is 10.6 Å². The van der Waals surface area contributed by atoms with Crippen LogP contribution in [0.5, 0.6) is 0 Å². The van der Waals surface area contributed by atoms with E-state index in [0.29, 0.717) is 57.5 Å². The fourth-order valence-electron chi connectivity index (χ4n) is 5.96. The predicted molar refractivity (Wildman–Crippen MR) is 178 cm³/mol. The van der Waals surface area contributed by atoms with Crippen LogP contribution in [0.25, 0.3) is 28.0 Å². The molecule has 0 bridgehead atoms. The number of hydrogen-bond acceptors (Lipinski definition) is 7. The maximum absolute atomic E-state index is 14.2. The van der Waals surface area contributed by atoms with E-state index >= 15 is 0 Å². The molecule has 1 aromatic carbocycles. The van der Waals surface area contributed by atoms with Gasteiger partial charge in [0.05, 0.1) is 27.5 Å². The van der Waals surface area contributed by atoms with Gasteiger partial charge in [0, 0.05) is 56.6 Å². The van der Waals surface area contributed by atoms with Crippen molar-refractivity contribution in [2.24, 2.45) is 0 Å². The summed E-state index contributed by atoms with van der Waals surface area (Å²) >= 11 is 7.01. The van der Waals surface area contributed by atoms with Crippen molar-refractivity contribution in [3.8, 4) is 16.9 Å². The van der Waals surface area contributed by atoms with Gasteiger partial charge in [-0.3, -0.25) is 14.6 Å². The van der Waals surface area contributed by atoms with Crippen LogP contribution in [0.3, 0.4) is 0 Å². The summed E-state index contributed by atoms with van der Waals surface area (Å²) in [5.74, 6) is 0.0951. The second kappa shape index (κ2) is 12.4. The zero-order valence-electron chi connectivity index (χ0n) is 26.7. The third-order valence-electron chi connectivity index (χ3n) is 8.26. The highest BCUT2D eigenvalue weighted by Gasteiger charge is 2.34. The predicted octanol–water partition coefficient (Wildman–Crippen LogP) is 5.24. The van der Waals surface area contributed by atoms with Crippen molar-refractivity contribution >= 4 is 40.3 Å². The van der Waals surface area contributed by atoms with Crippen LogP contribution >= 0.6 is 11.6 Å². The van der Waals surface area contributed by atoms with E-state index in [4.69, 9.17) is 16.6 Å². The fourth-order valence-corrected chi connectivity index (χ4v) is 6.22. The Hall–Kier alpha value is -4.57. The molecule has 4 aromatic rings. The first-order valence-electron chi connectivity index (χ1n) is 15.0. The molecule has 1 aliphatic heterocycles. The third-order valence-corrected chi connectivity index (χ3v) is 8.55. The molecule has 234 valence electrons. The van der Waals surface area contributed by atoms with Gasteiger partial charge >= 0.3 is 5.69 Å². The lowest BCUT2D eigenvalue weighted by molar-refractivity contribution is -0.128. The zero-order valence-corrected chi connectivity index (χ0v) is 27.5. The number of carbonyl (C=O) groups excluding carboxylic acids is 2. The lowest BCUT2D eigenvalue weighted by atomic mass is 10.0. The quantitative estimate of drug-likeness (QED) is 0.269. The van der Waals surface area contributed by atoms with Gasteiger partial charge < -0.3 is 14.7 Å². The molecule has 0 radical (unpaired) electrons. The maximum Gasteiger partial charge on any atom is 0.355 e. The molecule has 1 saturated heterocycles. The zero-order chi connectivity index (χ0) is 32.7. The lowest BCUT2D eigenvalue weighted by Crippen LogP contribution is -2.58. The third kappa shape index (κ3) is 5.70. The maximum atomic E-state index is 14.2. The molecule has 0 saturated carbocycles. The Kier molecular flexibility index (Phi) is 8.80. The molecule has 0 N–H and O–H groups in total. The van der Waals surface area contributed by atoms with E-state index in [1.807, 2.05) is 51.7 Å². The van der Waals surface area contributed by atoms with E-state index in [1.54, 1.807) is 49.5 Å². The average molecular weight is 628 g/mol. The summed E-state index contributed by atoms with van der Waals surface area (Å²) in [6.07, 6.45) is 3.05. The van der Waals surface area contributed by atoms with Crippen LogP contribution in [0.15, 0.2) is 60.0 Å².